The largest absolute Gasteiger partial charge is 0.290 e. The predicted molar refractivity (Wildman–Crippen MR) is 123 cm³/mol. The van der Waals surface area contributed by atoms with Gasteiger partial charge in [-0.3, -0.25) is 9.78 Å². The van der Waals surface area contributed by atoms with E-state index in [2.05, 4.69) is 39.6 Å². The molecule has 0 bridgehead atoms. The Balaban J connectivity index is 1.66. The summed E-state index contributed by atoms with van der Waals surface area (Å²) < 4.78 is 0. The van der Waals surface area contributed by atoms with Gasteiger partial charge in [0.2, 0.25) is 5.95 Å². The van der Waals surface area contributed by atoms with Crippen molar-refractivity contribution < 1.29 is 0 Å². The van der Waals surface area contributed by atoms with Crippen LogP contribution in [0, 0.1) is 18.3 Å². The minimum absolute atomic E-state index is 0.0365. The summed E-state index contributed by atoms with van der Waals surface area (Å²) >= 11 is 0. The number of nitrogens with one attached hydrogen (secondary N) is 2. The molecule has 4 aromatic rings. The first-order chi connectivity index (χ1) is 15.2. The van der Waals surface area contributed by atoms with Gasteiger partial charge < -0.3 is 0 Å². The Kier molecular flexibility index (Phi) is 5.68. The highest BCUT2D eigenvalue weighted by Gasteiger charge is 2.13. The molecule has 31 heavy (non-hydrogen) atoms. The summed E-state index contributed by atoms with van der Waals surface area (Å²) in [5.41, 5.74) is 7.49. The molecule has 0 atom stereocenters. The second-order valence-corrected chi connectivity index (χ2v) is 6.89. The van der Waals surface area contributed by atoms with Crippen LogP contribution in [0.1, 0.15) is 16.7 Å². The van der Waals surface area contributed by atoms with Crippen molar-refractivity contribution >= 4 is 12.2 Å². The molecule has 0 fully saturated rings. The van der Waals surface area contributed by atoms with E-state index in [4.69, 9.17) is 0 Å². The Morgan fingerprint density at radius 2 is 1.65 bits per heavy atom. The van der Waals surface area contributed by atoms with Crippen LogP contribution < -0.4 is 11.0 Å². The van der Waals surface area contributed by atoms with Crippen LogP contribution in [0.25, 0.3) is 22.4 Å². The van der Waals surface area contributed by atoms with E-state index in [0.29, 0.717) is 11.3 Å². The zero-order valence-electron chi connectivity index (χ0n) is 16.8. The summed E-state index contributed by atoms with van der Waals surface area (Å²) in [5.74, 6) is 0.160. The van der Waals surface area contributed by atoms with E-state index in [1.807, 2.05) is 60.7 Å². The number of hydrazone groups is 1. The van der Waals surface area contributed by atoms with Crippen molar-refractivity contribution in [2.24, 2.45) is 5.10 Å². The highest BCUT2D eigenvalue weighted by Crippen LogP contribution is 2.26. The van der Waals surface area contributed by atoms with Gasteiger partial charge in [-0.2, -0.15) is 10.4 Å². The molecular formula is C25H19N5O. The summed E-state index contributed by atoms with van der Waals surface area (Å²) in [7, 11) is 0. The average Bonchev–Trinajstić information content (AvgIpc) is 2.80. The molecule has 0 amide bonds. The number of H-pyrrole nitrogens is 1. The molecule has 1 aromatic heterocycles. The predicted octanol–water partition coefficient (Wildman–Crippen LogP) is 4.73. The topological polar surface area (TPSA) is 93.9 Å². The molecule has 0 aliphatic carbocycles. The molecule has 0 saturated carbocycles. The van der Waals surface area contributed by atoms with Crippen molar-refractivity contribution in [2.45, 2.75) is 6.92 Å². The number of anilines is 1. The van der Waals surface area contributed by atoms with Gasteiger partial charge in [0, 0.05) is 11.1 Å². The Morgan fingerprint density at radius 3 is 2.39 bits per heavy atom. The van der Waals surface area contributed by atoms with Crippen LogP contribution in [-0.2, 0) is 0 Å². The van der Waals surface area contributed by atoms with E-state index in [1.54, 1.807) is 18.3 Å². The molecule has 0 aliphatic rings. The minimum Gasteiger partial charge on any atom is -0.290 e. The van der Waals surface area contributed by atoms with Crippen LogP contribution in [0.2, 0.25) is 0 Å². The molecule has 6 heteroatoms. The second-order valence-electron chi connectivity index (χ2n) is 6.89. The Labute approximate surface area is 179 Å². The number of hydrogen-bond acceptors (Lipinski definition) is 5. The summed E-state index contributed by atoms with van der Waals surface area (Å²) in [6.45, 7) is 2.07. The number of benzene rings is 3. The van der Waals surface area contributed by atoms with Crippen LogP contribution in [0.4, 0.5) is 5.95 Å². The quantitative estimate of drug-likeness (QED) is 0.371. The smallest absolute Gasteiger partial charge is 0.270 e. The molecule has 0 radical (unpaired) electrons. The Bertz CT molecular complexity index is 1350. The highest BCUT2D eigenvalue weighted by molar-refractivity contribution is 5.91. The Morgan fingerprint density at radius 1 is 0.968 bits per heavy atom. The normalized spacial score (nSPS) is 10.7. The Hall–Kier alpha value is -4.50. The molecule has 0 spiro atoms. The van der Waals surface area contributed by atoms with Crippen molar-refractivity contribution in [3.63, 3.8) is 0 Å². The third-order valence-electron chi connectivity index (χ3n) is 4.85. The van der Waals surface area contributed by atoms with Crippen molar-refractivity contribution in [1.82, 2.24) is 9.97 Å². The van der Waals surface area contributed by atoms with Crippen molar-refractivity contribution in [3.05, 3.63) is 106 Å². The summed E-state index contributed by atoms with van der Waals surface area (Å²) in [5, 5.41) is 13.6. The maximum atomic E-state index is 12.4. The standard InChI is InChI=1S/C25H19N5O/c1-17-9-5-7-13-20(17)21-14-8-6-12-19(21)16-27-30-25-28-23(18-10-3-2-4-11-18)22(15-26)24(31)29-25/h2-14,16H,1H3,(H2,28,29,30,31). The van der Waals surface area contributed by atoms with Crippen molar-refractivity contribution in [3.8, 4) is 28.5 Å². The lowest BCUT2D eigenvalue weighted by Gasteiger charge is -2.09. The lowest BCUT2D eigenvalue weighted by atomic mass is 9.97. The first kappa shape index (κ1) is 19.8. The first-order valence-electron chi connectivity index (χ1n) is 9.71. The van der Waals surface area contributed by atoms with Gasteiger partial charge in [-0.25, -0.2) is 10.4 Å². The van der Waals surface area contributed by atoms with Crippen molar-refractivity contribution in [1.29, 1.82) is 5.26 Å². The SMILES string of the molecule is Cc1ccccc1-c1ccccc1C=NNc1nc(-c2ccccc2)c(C#N)c(=O)[nH]1. The van der Waals surface area contributed by atoms with Crippen LogP contribution in [0.5, 0.6) is 0 Å². The molecule has 150 valence electrons. The van der Waals surface area contributed by atoms with Gasteiger partial charge >= 0.3 is 0 Å². The van der Waals surface area contributed by atoms with Gasteiger partial charge in [-0.05, 0) is 23.6 Å². The molecule has 0 saturated heterocycles. The average molecular weight is 405 g/mol. The zero-order valence-corrected chi connectivity index (χ0v) is 16.8. The van der Waals surface area contributed by atoms with E-state index >= 15 is 0 Å². The monoisotopic (exact) mass is 405 g/mol. The molecule has 4 rings (SSSR count). The van der Waals surface area contributed by atoms with E-state index < -0.39 is 5.56 Å². The molecule has 3 aromatic carbocycles. The first-order valence-corrected chi connectivity index (χ1v) is 9.71. The van der Waals surface area contributed by atoms with E-state index in [0.717, 1.165) is 16.7 Å². The highest BCUT2D eigenvalue weighted by atomic mass is 16.1. The fourth-order valence-electron chi connectivity index (χ4n) is 3.33. The van der Waals surface area contributed by atoms with Gasteiger partial charge in [0.1, 0.15) is 11.6 Å². The molecule has 1 heterocycles. The molecular weight excluding hydrogens is 386 g/mol. The number of aromatic amines is 1. The van der Waals surface area contributed by atoms with Crippen LogP contribution >= 0.6 is 0 Å². The lowest BCUT2D eigenvalue weighted by molar-refractivity contribution is 1.08. The lowest BCUT2D eigenvalue weighted by Crippen LogP contribution is -2.16. The fourth-order valence-corrected chi connectivity index (χ4v) is 3.33. The van der Waals surface area contributed by atoms with Crippen LogP contribution in [0.3, 0.4) is 0 Å². The number of hydrogen-bond donors (Lipinski definition) is 2. The number of nitrogens with zero attached hydrogens (tertiary/aromatic N) is 3. The molecule has 2 N–H and O–H groups in total. The van der Waals surface area contributed by atoms with Gasteiger partial charge in [-0.1, -0.05) is 78.9 Å². The van der Waals surface area contributed by atoms with Crippen LogP contribution in [-0.4, -0.2) is 16.2 Å². The zero-order chi connectivity index (χ0) is 21.6. The van der Waals surface area contributed by atoms with Gasteiger partial charge in [0.05, 0.1) is 11.9 Å². The third kappa shape index (κ3) is 4.26. The second kappa shape index (κ2) is 8.89. The van der Waals surface area contributed by atoms with E-state index in [9.17, 15) is 10.1 Å². The maximum Gasteiger partial charge on any atom is 0.270 e. The number of aromatic nitrogens is 2. The number of rotatable bonds is 5. The van der Waals surface area contributed by atoms with Gasteiger partial charge in [-0.15, -0.1) is 0 Å². The molecule has 0 aliphatic heterocycles. The summed E-state index contributed by atoms with van der Waals surface area (Å²) in [6, 6.07) is 27.1. The van der Waals surface area contributed by atoms with E-state index in [-0.39, 0.29) is 11.5 Å². The van der Waals surface area contributed by atoms with Gasteiger partial charge in [0.25, 0.3) is 5.56 Å². The third-order valence-corrected chi connectivity index (χ3v) is 4.85. The molecule has 6 nitrogen and oxygen atoms in total. The number of nitriles is 1. The maximum absolute atomic E-state index is 12.4. The van der Waals surface area contributed by atoms with E-state index in [1.165, 1.54) is 5.56 Å². The molecule has 0 unspecified atom stereocenters. The van der Waals surface area contributed by atoms with Gasteiger partial charge in [0.15, 0.2) is 0 Å². The van der Waals surface area contributed by atoms with Crippen molar-refractivity contribution in [2.75, 3.05) is 5.43 Å². The number of aryl methyl sites for hydroxylation is 1. The summed E-state index contributed by atoms with van der Waals surface area (Å²) in [6.07, 6.45) is 1.68. The minimum atomic E-state index is -0.519. The summed E-state index contributed by atoms with van der Waals surface area (Å²) in [4.78, 5) is 19.3. The van der Waals surface area contributed by atoms with Crippen LogP contribution in [0.15, 0.2) is 88.8 Å². The fraction of sp³-hybridized carbons (Fsp3) is 0.0400.